The van der Waals surface area contributed by atoms with Crippen LogP contribution in [0.2, 0.25) is 0 Å². The maximum atomic E-state index is 13.8. The average molecular weight is 622 g/mol. The molecular formula is C32H39N5O8. The second-order valence-electron chi connectivity index (χ2n) is 11.4. The van der Waals surface area contributed by atoms with E-state index in [0.717, 1.165) is 11.1 Å². The Hall–Kier alpha value is -4.78. The summed E-state index contributed by atoms with van der Waals surface area (Å²) in [5.74, 6) is -5.00. The number of amides is 4. The molecule has 2 aromatic carbocycles. The number of hydrogen-bond acceptors (Lipinski definition) is 7. The van der Waals surface area contributed by atoms with E-state index in [1.807, 2.05) is 6.07 Å². The first-order valence-corrected chi connectivity index (χ1v) is 15.0. The normalized spacial score (nSPS) is 19.8. The second kappa shape index (κ2) is 15.3. The smallest absolute Gasteiger partial charge is 0.326 e. The van der Waals surface area contributed by atoms with Crippen LogP contribution < -0.4 is 16.4 Å². The third-order valence-electron chi connectivity index (χ3n) is 8.19. The minimum Gasteiger partial charge on any atom is -0.481 e. The number of nitrogens with one attached hydrogen (secondary N) is 2. The van der Waals surface area contributed by atoms with Crippen LogP contribution in [0.5, 0.6) is 0 Å². The third kappa shape index (κ3) is 8.66. The zero-order valence-corrected chi connectivity index (χ0v) is 24.8. The Labute approximate surface area is 260 Å². The Balaban J connectivity index is 1.43. The van der Waals surface area contributed by atoms with Crippen LogP contribution in [0, 0.1) is 0 Å². The number of hydrogen-bond donors (Lipinski definition) is 5. The molecule has 0 bridgehead atoms. The van der Waals surface area contributed by atoms with Crippen molar-refractivity contribution in [1.29, 1.82) is 0 Å². The summed E-state index contributed by atoms with van der Waals surface area (Å²) in [7, 11) is 0. The van der Waals surface area contributed by atoms with Crippen molar-refractivity contribution in [2.45, 2.75) is 75.2 Å². The van der Waals surface area contributed by atoms with Gasteiger partial charge < -0.3 is 36.4 Å². The fraction of sp³-hybridized carbons (Fsp3) is 0.438. The molecule has 2 fully saturated rings. The predicted octanol–water partition coefficient (Wildman–Crippen LogP) is 0.310. The van der Waals surface area contributed by atoms with Crippen molar-refractivity contribution in [2.24, 2.45) is 5.73 Å². The Kier molecular flexibility index (Phi) is 11.3. The van der Waals surface area contributed by atoms with Crippen molar-refractivity contribution >= 4 is 35.6 Å². The van der Waals surface area contributed by atoms with Crippen molar-refractivity contribution in [3.63, 3.8) is 0 Å². The van der Waals surface area contributed by atoms with Gasteiger partial charge in [0.25, 0.3) is 0 Å². The van der Waals surface area contributed by atoms with Crippen LogP contribution in [0.25, 0.3) is 0 Å². The van der Waals surface area contributed by atoms with Crippen LogP contribution >= 0.6 is 0 Å². The van der Waals surface area contributed by atoms with Crippen molar-refractivity contribution in [1.82, 2.24) is 20.4 Å². The van der Waals surface area contributed by atoms with E-state index in [4.69, 9.17) is 5.73 Å². The highest BCUT2D eigenvalue weighted by molar-refractivity contribution is 5.97. The molecule has 240 valence electrons. The van der Waals surface area contributed by atoms with Gasteiger partial charge in [-0.1, -0.05) is 60.7 Å². The van der Waals surface area contributed by atoms with Gasteiger partial charge in [-0.05, 0) is 43.2 Å². The van der Waals surface area contributed by atoms with E-state index in [1.165, 1.54) is 9.80 Å². The molecule has 5 unspecified atom stereocenters. The topological polar surface area (TPSA) is 199 Å². The number of carboxylic acids is 2. The van der Waals surface area contributed by atoms with Gasteiger partial charge in [-0.3, -0.25) is 24.0 Å². The second-order valence-corrected chi connectivity index (χ2v) is 11.4. The summed E-state index contributed by atoms with van der Waals surface area (Å²) in [6.45, 7) is 0.412. The summed E-state index contributed by atoms with van der Waals surface area (Å²) in [4.78, 5) is 79.8. The lowest BCUT2D eigenvalue weighted by Gasteiger charge is -2.33. The van der Waals surface area contributed by atoms with Crippen molar-refractivity contribution in [3.8, 4) is 0 Å². The molecule has 2 heterocycles. The summed E-state index contributed by atoms with van der Waals surface area (Å²) < 4.78 is 0. The number of nitrogens with two attached hydrogens (primary N) is 1. The van der Waals surface area contributed by atoms with E-state index in [0.29, 0.717) is 25.7 Å². The molecule has 0 radical (unpaired) electrons. The fourth-order valence-electron chi connectivity index (χ4n) is 5.91. The average Bonchev–Trinajstić information content (AvgIpc) is 3.71. The first-order chi connectivity index (χ1) is 21.5. The maximum absolute atomic E-state index is 13.8. The summed E-state index contributed by atoms with van der Waals surface area (Å²) in [5.41, 5.74) is 7.59. The van der Waals surface area contributed by atoms with Crippen LogP contribution in [0.1, 0.15) is 43.2 Å². The molecule has 0 spiro atoms. The van der Waals surface area contributed by atoms with E-state index in [1.54, 1.807) is 54.6 Å². The number of benzene rings is 2. The van der Waals surface area contributed by atoms with Crippen LogP contribution in [-0.2, 0) is 41.6 Å². The first-order valence-electron chi connectivity index (χ1n) is 15.0. The molecule has 0 aromatic heterocycles. The molecule has 6 N–H and O–H groups in total. The number of nitrogens with zero attached hydrogens (tertiary/aromatic N) is 2. The van der Waals surface area contributed by atoms with Gasteiger partial charge in [-0.15, -0.1) is 0 Å². The monoisotopic (exact) mass is 621 g/mol. The van der Waals surface area contributed by atoms with Crippen LogP contribution in [-0.4, -0.2) is 98.9 Å². The van der Waals surface area contributed by atoms with Crippen molar-refractivity contribution < 1.29 is 39.0 Å². The number of rotatable bonds is 13. The van der Waals surface area contributed by atoms with E-state index >= 15 is 0 Å². The van der Waals surface area contributed by atoms with E-state index in [2.05, 4.69) is 10.6 Å². The largest absolute Gasteiger partial charge is 0.481 e. The van der Waals surface area contributed by atoms with Gasteiger partial charge in [-0.25, -0.2) is 4.79 Å². The van der Waals surface area contributed by atoms with Crippen molar-refractivity contribution in [3.05, 3.63) is 71.8 Å². The molecule has 45 heavy (non-hydrogen) atoms. The number of aliphatic carboxylic acids is 2. The molecule has 0 aliphatic carbocycles. The van der Waals surface area contributed by atoms with E-state index in [9.17, 15) is 39.0 Å². The fourth-order valence-corrected chi connectivity index (χ4v) is 5.91. The summed E-state index contributed by atoms with van der Waals surface area (Å²) in [6.07, 6.45) is 1.14. The highest BCUT2D eigenvalue weighted by Gasteiger charge is 2.44. The molecule has 13 heteroatoms. The Morgan fingerprint density at radius 3 is 1.89 bits per heavy atom. The number of likely N-dealkylation sites (tertiary alicyclic amines) is 2. The summed E-state index contributed by atoms with van der Waals surface area (Å²) in [5, 5.41) is 24.3. The maximum Gasteiger partial charge on any atom is 0.326 e. The van der Waals surface area contributed by atoms with Crippen LogP contribution in [0.15, 0.2) is 60.7 Å². The van der Waals surface area contributed by atoms with Gasteiger partial charge in [0.1, 0.15) is 24.2 Å². The van der Waals surface area contributed by atoms with Gasteiger partial charge in [0.2, 0.25) is 23.6 Å². The van der Waals surface area contributed by atoms with E-state index in [-0.39, 0.29) is 25.9 Å². The predicted molar refractivity (Wildman–Crippen MR) is 161 cm³/mol. The standard InChI is InChI=1S/C32H39N5O8/c33-22(17-20-9-3-1-4-10-20)28(40)34-23(19-27(38)39)30(42)37-16-8-14-26(37)31(43)36-15-7-13-25(36)29(41)35-24(32(44)45)18-21-11-5-2-6-12-21/h1-6,9-12,22-26H,7-8,13-19,33H2,(H,34,40)(H,35,41)(H,38,39)(H,44,45). The quantitative estimate of drug-likeness (QED) is 0.209. The molecule has 2 saturated heterocycles. The minimum atomic E-state index is -1.45. The first kappa shape index (κ1) is 33.1. The Morgan fingerprint density at radius 2 is 1.31 bits per heavy atom. The molecule has 4 rings (SSSR count). The summed E-state index contributed by atoms with van der Waals surface area (Å²) >= 11 is 0. The van der Waals surface area contributed by atoms with Gasteiger partial charge in [0.05, 0.1) is 12.5 Å². The molecule has 13 nitrogen and oxygen atoms in total. The van der Waals surface area contributed by atoms with Crippen molar-refractivity contribution in [2.75, 3.05) is 13.1 Å². The number of carbonyl (C=O) groups is 6. The third-order valence-corrected chi connectivity index (χ3v) is 8.19. The lowest BCUT2D eigenvalue weighted by atomic mass is 10.0. The van der Waals surface area contributed by atoms with Gasteiger partial charge in [-0.2, -0.15) is 0 Å². The van der Waals surface area contributed by atoms with Gasteiger partial charge >= 0.3 is 11.9 Å². The summed E-state index contributed by atoms with van der Waals surface area (Å²) in [6, 6.07) is 12.3. The van der Waals surface area contributed by atoms with Crippen LogP contribution in [0.3, 0.4) is 0 Å². The Morgan fingerprint density at radius 1 is 0.756 bits per heavy atom. The highest BCUT2D eigenvalue weighted by Crippen LogP contribution is 2.26. The highest BCUT2D eigenvalue weighted by atomic mass is 16.4. The lowest BCUT2D eigenvalue weighted by molar-refractivity contribution is -0.150. The number of carboxylic acid groups (broad SMARTS) is 2. The minimum absolute atomic E-state index is 0.0686. The molecule has 5 atom stereocenters. The SMILES string of the molecule is NC(Cc1ccccc1)C(=O)NC(CC(=O)O)C(=O)N1CCCC1C(=O)N1CCCC1C(=O)NC(Cc1ccccc1)C(=O)O. The number of carbonyl (C=O) groups excluding carboxylic acids is 4. The molecular weight excluding hydrogens is 582 g/mol. The zero-order chi connectivity index (χ0) is 32.5. The lowest BCUT2D eigenvalue weighted by Crippen LogP contribution is -2.58. The van der Waals surface area contributed by atoms with E-state index < -0.39 is 72.2 Å². The molecule has 2 aliphatic heterocycles. The molecule has 0 saturated carbocycles. The zero-order valence-electron chi connectivity index (χ0n) is 24.8. The molecule has 2 aromatic rings. The van der Waals surface area contributed by atoms with Crippen LogP contribution in [0.4, 0.5) is 0 Å². The van der Waals surface area contributed by atoms with Gasteiger partial charge in [0, 0.05) is 19.5 Å². The molecule has 4 amide bonds. The van der Waals surface area contributed by atoms with Gasteiger partial charge in [0.15, 0.2) is 0 Å². The molecule has 2 aliphatic rings. The Bertz CT molecular complexity index is 1390.